The summed E-state index contributed by atoms with van der Waals surface area (Å²) >= 11 is 4.54. The molecule has 0 aromatic carbocycles. The van der Waals surface area contributed by atoms with Gasteiger partial charge in [-0.15, -0.1) is 11.3 Å². The van der Waals surface area contributed by atoms with Crippen molar-refractivity contribution in [1.29, 1.82) is 5.26 Å². The molecule has 0 atom stereocenters. The maximum atomic E-state index is 12.5. The first-order valence-corrected chi connectivity index (χ1v) is 8.50. The van der Waals surface area contributed by atoms with Crippen LogP contribution in [0.1, 0.15) is 25.8 Å². The van der Waals surface area contributed by atoms with Crippen LogP contribution in [-0.2, 0) is 10.0 Å². The van der Waals surface area contributed by atoms with E-state index in [-0.39, 0.29) is 19.0 Å². The van der Waals surface area contributed by atoms with Gasteiger partial charge < -0.3 is 0 Å². The number of sulfonamides is 1. The number of halogens is 1. The summed E-state index contributed by atoms with van der Waals surface area (Å²) in [6, 6.07) is 3.48. The van der Waals surface area contributed by atoms with Gasteiger partial charge in [0.25, 0.3) is 10.0 Å². The van der Waals surface area contributed by atoms with Gasteiger partial charge in [0.2, 0.25) is 0 Å². The van der Waals surface area contributed by atoms with Gasteiger partial charge in [-0.25, -0.2) is 8.42 Å². The third kappa shape index (κ3) is 3.32. The number of aryl methyl sites for hydroxylation is 1. The zero-order valence-electron chi connectivity index (χ0n) is 10.5. The molecule has 0 bridgehead atoms. The van der Waals surface area contributed by atoms with Crippen LogP contribution in [0.5, 0.6) is 0 Å². The second kappa shape index (κ2) is 6.15. The van der Waals surface area contributed by atoms with Crippen LogP contribution < -0.4 is 0 Å². The fourth-order valence-corrected chi connectivity index (χ4v) is 5.48. The van der Waals surface area contributed by atoms with Crippen molar-refractivity contribution in [2.45, 2.75) is 37.4 Å². The lowest BCUT2D eigenvalue weighted by Crippen LogP contribution is -2.37. The van der Waals surface area contributed by atoms with Crippen molar-refractivity contribution in [3.8, 4) is 6.07 Å². The molecule has 0 saturated heterocycles. The van der Waals surface area contributed by atoms with Crippen LogP contribution >= 0.6 is 27.3 Å². The van der Waals surface area contributed by atoms with E-state index in [1.54, 1.807) is 6.07 Å². The van der Waals surface area contributed by atoms with Crippen molar-refractivity contribution < 1.29 is 8.42 Å². The lowest BCUT2D eigenvalue weighted by Gasteiger charge is -2.24. The van der Waals surface area contributed by atoms with Crippen LogP contribution in [0.15, 0.2) is 14.1 Å². The molecule has 0 aliphatic carbocycles. The summed E-state index contributed by atoms with van der Waals surface area (Å²) in [4.78, 5) is 0. The van der Waals surface area contributed by atoms with Crippen LogP contribution in [0.2, 0.25) is 0 Å². The van der Waals surface area contributed by atoms with Crippen LogP contribution in [0.3, 0.4) is 0 Å². The highest BCUT2D eigenvalue weighted by Gasteiger charge is 2.28. The van der Waals surface area contributed by atoms with Crippen molar-refractivity contribution in [1.82, 2.24) is 4.31 Å². The minimum Gasteiger partial charge on any atom is -0.206 e. The molecule has 18 heavy (non-hydrogen) atoms. The van der Waals surface area contributed by atoms with Gasteiger partial charge in [0.15, 0.2) is 0 Å². The summed E-state index contributed by atoms with van der Waals surface area (Å²) in [5.74, 6) is 0. The molecule has 0 aliphatic rings. The number of nitrogens with zero attached hydrogens (tertiary/aromatic N) is 2. The average molecular weight is 351 g/mol. The topological polar surface area (TPSA) is 61.2 Å². The van der Waals surface area contributed by atoms with E-state index in [0.29, 0.717) is 4.21 Å². The molecule has 0 amide bonds. The van der Waals surface area contributed by atoms with E-state index < -0.39 is 10.0 Å². The predicted octanol–water partition coefficient (Wildman–Crippen LogP) is 3.13. The number of hydrogen-bond acceptors (Lipinski definition) is 4. The van der Waals surface area contributed by atoms with Gasteiger partial charge in [-0.1, -0.05) is 0 Å². The summed E-state index contributed by atoms with van der Waals surface area (Å²) in [5, 5.41) is 8.61. The molecular formula is C11H15BrN2O2S2. The fourth-order valence-electron chi connectivity index (χ4n) is 1.49. The normalized spacial score (nSPS) is 12.1. The second-order valence-electron chi connectivity index (χ2n) is 4.14. The molecule has 0 aliphatic heterocycles. The average Bonchev–Trinajstić information content (AvgIpc) is 2.59. The first-order valence-electron chi connectivity index (χ1n) is 5.45. The Morgan fingerprint density at radius 2 is 2.17 bits per heavy atom. The lowest BCUT2D eigenvalue weighted by molar-refractivity contribution is 0.361. The molecule has 1 aromatic heterocycles. The molecule has 100 valence electrons. The van der Waals surface area contributed by atoms with Crippen molar-refractivity contribution >= 4 is 37.3 Å². The molecular weight excluding hydrogens is 336 g/mol. The summed E-state index contributed by atoms with van der Waals surface area (Å²) in [7, 11) is -3.50. The zero-order valence-corrected chi connectivity index (χ0v) is 13.7. The second-order valence-corrected chi connectivity index (χ2v) is 8.63. The molecule has 1 aromatic rings. The van der Waals surface area contributed by atoms with E-state index in [0.717, 1.165) is 9.35 Å². The zero-order chi connectivity index (χ0) is 13.9. The van der Waals surface area contributed by atoms with Crippen molar-refractivity contribution in [2.75, 3.05) is 6.54 Å². The Bertz CT molecular complexity index is 539. The Morgan fingerprint density at radius 1 is 1.56 bits per heavy atom. The minimum absolute atomic E-state index is 0.162. The monoisotopic (exact) mass is 350 g/mol. The fraction of sp³-hybridized carbons (Fsp3) is 0.545. The Hall–Kier alpha value is -0.420. The maximum absolute atomic E-state index is 12.5. The van der Waals surface area contributed by atoms with Crippen molar-refractivity contribution in [2.24, 2.45) is 0 Å². The molecule has 1 heterocycles. The van der Waals surface area contributed by atoms with Gasteiger partial charge in [0.1, 0.15) is 4.21 Å². The highest BCUT2D eigenvalue weighted by molar-refractivity contribution is 9.11. The van der Waals surface area contributed by atoms with Gasteiger partial charge in [-0.3, -0.25) is 0 Å². The predicted molar refractivity (Wildman–Crippen MR) is 76.0 cm³/mol. The SMILES string of the molecule is Cc1cc(S(=O)(=O)N(CCC#N)C(C)C)sc1Br. The molecule has 0 N–H and O–H groups in total. The molecule has 7 heteroatoms. The minimum atomic E-state index is -3.50. The largest absolute Gasteiger partial charge is 0.252 e. The Kier molecular flexibility index (Phi) is 5.34. The highest BCUT2D eigenvalue weighted by Crippen LogP contribution is 2.32. The van der Waals surface area contributed by atoms with Crippen LogP contribution in [0.25, 0.3) is 0 Å². The van der Waals surface area contributed by atoms with Crippen LogP contribution in [-0.4, -0.2) is 25.3 Å². The number of rotatable bonds is 5. The van der Waals surface area contributed by atoms with E-state index in [1.165, 1.54) is 15.6 Å². The van der Waals surface area contributed by atoms with Gasteiger partial charge in [0.05, 0.1) is 9.86 Å². The molecule has 1 rings (SSSR count). The summed E-state index contributed by atoms with van der Waals surface area (Å²) in [6.45, 7) is 5.70. The van der Waals surface area contributed by atoms with Crippen molar-refractivity contribution in [3.63, 3.8) is 0 Å². The van der Waals surface area contributed by atoms with Gasteiger partial charge in [0, 0.05) is 19.0 Å². The van der Waals surface area contributed by atoms with Gasteiger partial charge in [-0.2, -0.15) is 9.57 Å². The lowest BCUT2D eigenvalue weighted by atomic mass is 10.3. The smallest absolute Gasteiger partial charge is 0.206 e. The third-order valence-corrected chi connectivity index (χ3v) is 7.08. The number of thiophene rings is 1. The summed E-state index contributed by atoms with van der Waals surface area (Å²) in [6.07, 6.45) is 0.197. The van der Waals surface area contributed by atoms with E-state index in [9.17, 15) is 8.42 Å². The summed E-state index contributed by atoms with van der Waals surface area (Å²) in [5.41, 5.74) is 0.905. The highest BCUT2D eigenvalue weighted by atomic mass is 79.9. The molecule has 0 fully saturated rings. The molecule has 0 saturated carbocycles. The quantitative estimate of drug-likeness (QED) is 0.819. The van der Waals surface area contributed by atoms with E-state index in [2.05, 4.69) is 15.9 Å². The van der Waals surface area contributed by atoms with Gasteiger partial charge >= 0.3 is 0 Å². The maximum Gasteiger partial charge on any atom is 0.252 e. The Morgan fingerprint density at radius 3 is 2.56 bits per heavy atom. The van der Waals surface area contributed by atoms with Crippen LogP contribution in [0.4, 0.5) is 0 Å². The van der Waals surface area contributed by atoms with Gasteiger partial charge in [-0.05, 0) is 48.3 Å². The first kappa shape index (κ1) is 15.6. The van der Waals surface area contributed by atoms with E-state index in [4.69, 9.17) is 5.26 Å². The molecule has 0 unspecified atom stereocenters. The first-order chi connectivity index (χ1) is 8.30. The summed E-state index contributed by atoms with van der Waals surface area (Å²) < 4.78 is 27.4. The molecule has 0 spiro atoms. The van der Waals surface area contributed by atoms with E-state index >= 15 is 0 Å². The third-order valence-electron chi connectivity index (χ3n) is 2.42. The Balaban J connectivity index is 3.13. The number of nitriles is 1. The standard InChI is InChI=1S/C11H15BrN2O2S2/c1-8(2)14(6-4-5-13)18(15,16)10-7-9(3)11(12)17-10/h7-8H,4,6H2,1-3H3. The molecule has 0 radical (unpaired) electrons. The van der Waals surface area contributed by atoms with Crippen molar-refractivity contribution in [3.05, 3.63) is 15.4 Å². The van der Waals surface area contributed by atoms with E-state index in [1.807, 2.05) is 26.8 Å². The molecule has 4 nitrogen and oxygen atoms in total. The van der Waals surface area contributed by atoms with Crippen LogP contribution in [0, 0.1) is 18.3 Å². The number of hydrogen-bond donors (Lipinski definition) is 0. The Labute approximate surface area is 120 Å².